The second-order valence-corrected chi connectivity index (χ2v) is 6.35. The van der Waals surface area contributed by atoms with Gasteiger partial charge in [-0.2, -0.15) is 0 Å². The van der Waals surface area contributed by atoms with Gasteiger partial charge in [-0.25, -0.2) is 0 Å². The van der Waals surface area contributed by atoms with Gasteiger partial charge in [-0.15, -0.1) is 0 Å². The maximum Gasteiger partial charge on any atom is 0.261 e. The number of benzene rings is 2. The molecule has 2 atom stereocenters. The summed E-state index contributed by atoms with van der Waals surface area (Å²) in [4.78, 5) is 12.4. The van der Waals surface area contributed by atoms with Crippen molar-refractivity contribution >= 4 is 5.91 Å². The van der Waals surface area contributed by atoms with E-state index in [1.807, 2.05) is 32.9 Å². The van der Waals surface area contributed by atoms with Crippen molar-refractivity contribution < 1.29 is 9.53 Å². The van der Waals surface area contributed by atoms with Crippen LogP contribution >= 0.6 is 0 Å². The highest BCUT2D eigenvalue weighted by Gasteiger charge is 2.18. The first kappa shape index (κ1) is 18.1. The molecule has 2 aromatic rings. The van der Waals surface area contributed by atoms with E-state index < -0.39 is 6.10 Å². The molecule has 0 saturated carbocycles. The van der Waals surface area contributed by atoms with E-state index in [1.54, 1.807) is 6.92 Å². The molecule has 2 aromatic carbocycles. The largest absolute Gasteiger partial charge is 0.481 e. The Morgan fingerprint density at radius 2 is 1.75 bits per heavy atom. The molecule has 3 heteroatoms. The number of amides is 1. The Kier molecular flexibility index (Phi) is 6.02. The number of carbonyl (C=O) groups excluding carboxylic acids is 1. The van der Waals surface area contributed by atoms with Crippen molar-refractivity contribution in [1.82, 2.24) is 5.32 Å². The lowest BCUT2D eigenvalue weighted by molar-refractivity contribution is -0.127. The molecule has 2 rings (SSSR count). The summed E-state index contributed by atoms with van der Waals surface area (Å²) >= 11 is 0. The third-order valence-electron chi connectivity index (χ3n) is 4.25. The number of nitrogens with one attached hydrogen (secondary N) is 1. The topological polar surface area (TPSA) is 38.3 Å². The van der Waals surface area contributed by atoms with Crippen LogP contribution in [0, 0.1) is 13.8 Å². The van der Waals surface area contributed by atoms with Crippen LogP contribution in [0.4, 0.5) is 0 Å². The SMILES string of the molecule is CCc1ccc([C@@H](C)NC(=O)[C@@H](C)Oc2ccc(C)cc2C)cc1. The summed E-state index contributed by atoms with van der Waals surface area (Å²) in [6, 6.07) is 14.3. The number of hydrogen-bond acceptors (Lipinski definition) is 2. The third-order valence-corrected chi connectivity index (χ3v) is 4.25. The monoisotopic (exact) mass is 325 g/mol. The molecule has 0 aliphatic carbocycles. The minimum atomic E-state index is -0.538. The number of aryl methyl sites for hydroxylation is 3. The standard InChI is InChI=1S/C21H27NO2/c1-6-18-8-10-19(11-9-18)16(4)22-21(23)17(5)24-20-12-7-14(2)13-15(20)3/h7-13,16-17H,6H2,1-5H3,(H,22,23)/t16-,17-/m1/s1. The van der Waals surface area contributed by atoms with Gasteiger partial charge in [0.15, 0.2) is 6.10 Å². The van der Waals surface area contributed by atoms with Crippen LogP contribution in [0.1, 0.15) is 49.1 Å². The first-order valence-electron chi connectivity index (χ1n) is 8.53. The summed E-state index contributed by atoms with van der Waals surface area (Å²) < 4.78 is 5.82. The van der Waals surface area contributed by atoms with Crippen LogP contribution in [0.5, 0.6) is 5.75 Å². The molecule has 1 N–H and O–H groups in total. The van der Waals surface area contributed by atoms with E-state index in [0.717, 1.165) is 23.3 Å². The number of rotatable bonds is 6. The summed E-state index contributed by atoms with van der Waals surface area (Å²) in [6.07, 6.45) is 0.477. The van der Waals surface area contributed by atoms with E-state index in [4.69, 9.17) is 4.74 Å². The maximum absolute atomic E-state index is 12.4. The Bertz CT molecular complexity index is 691. The fraction of sp³-hybridized carbons (Fsp3) is 0.381. The van der Waals surface area contributed by atoms with Crippen molar-refractivity contribution in [3.63, 3.8) is 0 Å². The zero-order valence-electron chi connectivity index (χ0n) is 15.2. The Hall–Kier alpha value is -2.29. The van der Waals surface area contributed by atoms with Gasteiger partial charge in [0.25, 0.3) is 5.91 Å². The van der Waals surface area contributed by atoms with Crippen molar-refractivity contribution in [2.75, 3.05) is 0 Å². The van der Waals surface area contributed by atoms with Gasteiger partial charge < -0.3 is 10.1 Å². The van der Waals surface area contributed by atoms with Gasteiger partial charge in [0.1, 0.15) is 5.75 Å². The Balaban J connectivity index is 1.97. The van der Waals surface area contributed by atoms with Gasteiger partial charge >= 0.3 is 0 Å². The van der Waals surface area contributed by atoms with Crippen molar-refractivity contribution in [1.29, 1.82) is 0 Å². The summed E-state index contributed by atoms with van der Waals surface area (Å²) in [6.45, 7) is 9.93. The second-order valence-electron chi connectivity index (χ2n) is 6.35. The lowest BCUT2D eigenvalue weighted by Crippen LogP contribution is -2.37. The summed E-state index contributed by atoms with van der Waals surface area (Å²) in [5, 5.41) is 3.02. The normalized spacial score (nSPS) is 13.2. The number of ether oxygens (including phenoxy) is 1. The van der Waals surface area contributed by atoms with Gasteiger partial charge in [0, 0.05) is 0 Å². The molecule has 1 amide bonds. The predicted molar refractivity (Wildman–Crippen MR) is 98.4 cm³/mol. The van der Waals surface area contributed by atoms with E-state index in [2.05, 4.69) is 42.6 Å². The van der Waals surface area contributed by atoms with Gasteiger partial charge in [-0.05, 0) is 56.9 Å². The Morgan fingerprint density at radius 3 is 2.33 bits per heavy atom. The van der Waals surface area contributed by atoms with Crippen molar-refractivity contribution in [2.24, 2.45) is 0 Å². The van der Waals surface area contributed by atoms with E-state index >= 15 is 0 Å². The van der Waals surface area contributed by atoms with Gasteiger partial charge in [-0.3, -0.25) is 4.79 Å². The van der Waals surface area contributed by atoms with Crippen LogP contribution in [-0.4, -0.2) is 12.0 Å². The van der Waals surface area contributed by atoms with E-state index in [9.17, 15) is 4.79 Å². The molecule has 0 bridgehead atoms. The van der Waals surface area contributed by atoms with Crippen LogP contribution in [0.2, 0.25) is 0 Å². The minimum Gasteiger partial charge on any atom is -0.481 e. The zero-order chi connectivity index (χ0) is 17.7. The molecule has 128 valence electrons. The molecule has 0 spiro atoms. The average Bonchev–Trinajstić information content (AvgIpc) is 2.57. The predicted octanol–water partition coefficient (Wildman–Crippen LogP) is 4.51. The van der Waals surface area contributed by atoms with Crippen LogP contribution in [0.3, 0.4) is 0 Å². The van der Waals surface area contributed by atoms with E-state index in [1.165, 1.54) is 11.1 Å². The molecule has 0 aliphatic rings. The quantitative estimate of drug-likeness (QED) is 0.848. The van der Waals surface area contributed by atoms with Gasteiger partial charge in [0.05, 0.1) is 6.04 Å². The third kappa shape index (κ3) is 4.60. The van der Waals surface area contributed by atoms with Crippen LogP contribution in [0.15, 0.2) is 42.5 Å². The first-order valence-corrected chi connectivity index (χ1v) is 8.53. The molecule has 0 radical (unpaired) electrons. The molecule has 0 saturated heterocycles. The molecule has 0 aliphatic heterocycles. The summed E-state index contributed by atoms with van der Waals surface area (Å²) in [7, 11) is 0. The Morgan fingerprint density at radius 1 is 1.08 bits per heavy atom. The highest BCUT2D eigenvalue weighted by Crippen LogP contribution is 2.20. The first-order chi connectivity index (χ1) is 11.4. The molecule has 0 unspecified atom stereocenters. The minimum absolute atomic E-state index is 0.0476. The lowest BCUT2D eigenvalue weighted by atomic mass is 10.0. The van der Waals surface area contributed by atoms with E-state index in [0.29, 0.717) is 0 Å². The zero-order valence-corrected chi connectivity index (χ0v) is 15.2. The van der Waals surface area contributed by atoms with Crippen LogP contribution in [-0.2, 0) is 11.2 Å². The second kappa shape index (κ2) is 8.00. The number of hydrogen-bond donors (Lipinski definition) is 1. The average molecular weight is 325 g/mol. The fourth-order valence-electron chi connectivity index (χ4n) is 2.63. The van der Waals surface area contributed by atoms with Crippen LogP contribution < -0.4 is 10.1 Å². The smallest absolute Gasteiger partial charge is 0.261 e. The molecule has 3 nitrogen and oxygen atoms in total. The van der Waals surface area contributed by atoms with Crippen molar-refractivity contribution in [3.05, 3.63) is 64.7 Å². The molecule has 24 heavy (non-hydrogen) atoms. The molecule has 0 aromatic heterocycles. The van der Waals surface area contributed by atoms with Gasteiger partial charge in [0.2, 0.25) is 0 Å². The summed E-state index contributed by atoms with van der Waals surface area (Å²) in [5.74, 6) is 0.644. The van der Waals surface area contributed by atoms with E-state index in [-0.39, 0.29) is 11.9 Å². The Labute approximate surface area is 145 Å². The number of carbonyl (C=O) groups is 1. The highest BCUT2D eigenvalue weighted by atomic mass is 16.5. The highest BCUT2D eigenvalue weighted by molar-refractivity contribution is 5.81. The molecule has 0 fully saturated rings. The van der Waals surface area contributed by atoms with Crippen molar-refractivity contribution in [3.8, 4) is 5.75 Å². The molecular weight excluding hydrogens is 298 g/mol. The summed E-state index contributed by atoms with van der Waals surface area (Å²) in [5.41, 5.74) is 4.61. The lowest BCUT2D eigenvalue weighted by Gasteiger charge is -2.20. The van der Waals surface area contributed by atoms with Gasteiger partial charge in [-0.1, -0.05) is 48.9 Å². The molecule has 0 heterocycles. The maximum atomic E-state index is 12.4. The van der Waals surface area contributed by atoms with Crippen LogP contribution in [0.25, 0.3) is 0 Å². The molecular formula is C21H27NO2. The van der Waals surface area contributed by atoms with Crippen molar-refractivity contribution in [2.45, 2.75) is 53.2 Å². The fourth-order valence-corrected chi connectivity index (χ4v) is 2.63.